The van der Waals surface area contributed by atoms with Crippen molar-refractivity contribution in [2.75, 3.05) is 64.5 Å². The molecule has 2 aromatic carbocycles. The van der Waals surface area contributed by atoms with Gasteiger partial charge in [-0.05, 0) is 55.7 Å². The van der Waals surface area contributed by atoms with Crippen LogP contribution in [0.1, 0.15) is 49.0 Å². The van der Waals surface area contributed by atoms with Gasteiger partial charge in [-0.25, -0.2) is 13.4 Å². The second-order valence-electron chi connectivity index (χ2n) is 9.90. The van der Waals surface area contributed by atoms with Gasteiger partial charge in [0.2, 0.25) is 10.0 Å². The van der Waals surface area contributed by atoms with Crippen molar-refractivity contribution in [2.24, 2.45) is 0 Å². The molecule has 0 spiro atoms. The smallest absolute Gasteiger partial charge is 0.260 e. The summed E-state index contributed by atoms with van der Waals surface area (Å²) in [6.07, 6.45) is 2.49. The van der Waals surface area contributed by atoms with Gasteiger partial charge in [0.15, 0.2) is 5.13 Å². The third-order valence-electron chi connectivity index (χ3n) is 7.20. The minimum Gasteiger partial charge on any atom is -0.494 e. The number of anilines is 1. The number of carbonyl (C=O) groups excluding carboxylic acids is 1. The largest absolute Gasteiger partial charge is 0.494 e. The van der Waals surface area contributed by atoms with Gasteiger partial charge in [0.25, 0.3) is 5.91 Å². The number of fused-ring (bicyclic) bond motifs is 1. The van der Waals surface area contributed by atoms with Crippen LogP contribution in [-0.4, -0.2) is 88.1 Å². The maximum Gasteiger partial charge on any atom is 0.260 e. The number of benzene rings is 2. The molecule has 0 saturated carbocycles. The Labute approximate surface area is 253 Å². The molecule has 41 heavy (non-hydrogen) atoms. The number of hydrogen-bond acceptors (Lipinski definition) is 8. The summed E-state index contributed by atoms with van der Waals surface area (Å²) in [7, 11) is -2.01. The third kappa shape index (κ3) is 7.77. The second kappa shape index (κ2) is 15.3. The molecule has 12 heteroatoms. The van der Waals surface area contributed by atoms with Crippen molar-refractivity contribution in [3.8, 4) is 5.75 Å². The highest BCUT2D eigenvalue weighted by Gasteiger charge is 2.26. The average Bonchev–Trinajstić information content (AvgIpc) is 3.42. The number of nitrogens with zero attached hydrogens (tertiary/aromatic N) is 4. The van der Waals surface area contributed by atoms with Crippen LogP contribution in [0.5, 0.6) is 5.75 Å². The summed E-state index contributed by atoms with van der Waals surface area (Å²) in [5, 5.41) is 0.600. The summed E-state index contributed by atoms with van der Waals surface area (Å²) in [6, 6.07) is 10.2. The van der Waals surface area contributed by atoms with Gasteiger partial charge in [0.05, 0.1) is 29.9 Å². The van der Waals surface area contributed by atoms with Crippen LogP contribution < -0.4 is 9.64 Å². The number of ether oxygens (including phenoxy) is 2. The van der Waals surface area contributed by atoms with E-state index in [2.05, 4.69) is 4.90 Å². The van der Waals surface area contributed by atoms with Crippen molar-refractivity contribution in [1.29, 1.82) is 0 Å². The van der Waals surface area contributed by atoms with Gasteiger partial charge in [-0.2, -0.15) is 4.31 Å². The molecule has 1 aromatic heterocycles. The van der Waals surface area contributed by atoms with Gasteiger partial charge in [-0.15, -0.1) is 12.4 Å². The molecule has 1 fully saturated rings. The molecule has 3 aromatic rings. The molecule has 1 saturated heterocycles. The minimum atomic E-state index is -3.63. The molecule has 226 valence electrons. The Balaban J connectivity index is 0.00000462. The van der Waals surface area contributed by atoms with E-state index >= 15 is 0 Å². The van der Waals surface area contributed by atoms with Gasteiger partial charge in [-0.1, -0.05) is 37.7 Å². The zero-order valence-corrected chi connectivity index (χ0v) is 26.7. The minimum absolute atomic E-state index is 0. The number of aromatic nitrogens is 1. The first kappa shape index (κ1) is 33.2. The molecule has 0 N–H and O–H groups in total. The van der Waals surface area contributed by atoms with Crippen molar-refractivity contribution in [3.63, 3.8) is 0 Å². The normalized spacial score (nSPS) is 14.3. The van der Waals surface area contributed by atoms with Crippen LogP contribution in [0.25, 0.3) is 10.2 Å². The predicted molar refractivity (Wildman–Crippen MR) is 167 cm³/mol. The van der Waals surface area contributed by atoms with Crippen LogP contribution >= 0.6 is 23.7 Å². The monoisotopic (exact) mass is 624 g/mol. The number of morpholine rings is 1. The number of carbonyl (C=O) groups is 1. The second-order valence-corrected chi connectivity index (χ2v) is 12.8. The maximum absolute atomic E-state index is 13.9. The molecule has 2 heterocycles. The number of thiazole rings is 1. The van der Waals surface area contributed by atoms with Gasteiger partial charge in [0, 0.05) is 44.8 Å². The molecule has 0 aliphatic carbocycles. The Bertz CT molecular complexity index is 1390. The molecule has 4 rings (SSSR count). The van der Waals surface area contributed by atoms with E-state index in [0.29, 0.717) is 36.1 Å². The lowest BCUT2D eigenvalue weighted by molar-refractivity contribution is 0.0376. The number of hydrogen-bond donors (Lipinski definition) is 0. The van der Waals surface area contributed by atoms with E-state index in [4.69, 9.17) is 14.5 Å². The molecule has 1 aliphatic heterocycles. The number of halogens is 1. The first-order valence-corrected chi connectivity index (χ1v) is 16.2. The molecule has 1 aliphatic rings. The molecule has 0 unspecified atom stereocenters. The van der Waals surface area contributed by atoms with Crippen LogP contribution in [0.2, 0.25) is 0 Å². The molecule has 1 amide bonds. The summed E-state index contributed by atoms with van der Waals surface area (Å²) >= 11 is 1.47. The SMILES string of the molecule is CCCCN(CC)S(=O)(=O)c1ccc(C(=O)N(CCCN2CCOCC2)c2nc3c(OC)ccc(C)c3s2)cc1.Cl. The molecule has 0 radical (unpaired) electrons. The summed E-state index contributed by atoms with van der Waals surface area (Å²) in [5.74, 6) is 0.460. The van der Waals surface area contributed by atoms with E-state index < -0.39 is 10.0 Å². The predicted octanol–water partition coefficient (Wildman–Crippen LogP) is 5.21. The van der Waals surface area contributed by atoms with E-state index in [9.17, 15) is 13.2 Å². The molecule has 0 atom stereocenters. The number of amides is 1. The topological polar surface area (TPSA) is 92.3 Å². The van der Waals surface area contributed by atoms with Gasteiger partial charge < -0.3 is 9.47 Å². The van der Waals surface area contributed by atoms with Crippen molar-refractivity contribution in [3.05, 3.63) is 47.5 Å². The number of sulfonamides is 1. The lowest BCUT2D eigenvalue weighted by Crippen LogP contribution is -2.39. The molecule has 9 nitrogen and oxygen atoms in total. The fraction of sp³-hybridized carbons (Fsp3) is 0.517. The Kier molecular flexibility index (Phi) is 12.4. The summed E-state index contributed by atoms with van der Waals surface area (Å²) in [5.41, 5.74) is 2.23. The van der Waals surface area contributed by atoms with Crippen molar-refractivity contribution in [2.45, 2.75) is 44.9 Å². The van der Waals surface area contributed by atoms with Crippen molar-refractivity contribution < 1.29 is 22.7 Å². The summed E-state index contributed by atoms with van der Waals surface area (Å²) in [6.45, 7) is 11.3. The Morgan fingerprint density at radius 3 is 2.41 bits per heavy atom. The van der Waals surface area contributed by atoms with Crippen LogP contribution in [0.4, 0.5) is 5.13 Å². The van der Waals surface area contributed by atoms with Gasteiger partial charge >= 0.3 is 0 Å². The van der Waals surface area contributed by atoms with E-state index in [1.165, 1.54) is 27.8 Å². The van der Waals surface area contributed by atoms with Crippen molar-refractivity contribution >= 4 is 55.0 Å². The Morgan fingerprint density at radius 2 is 1.78 bits per heavy atom. The highest BCUT2D eigenvalue weighted by Crippen LogP contribution is 2.37. The van der Waals surface area contributed by atoms with Crippen LogP contribution in [0.3, 0.4) is 0 Å². The number of unbranched alkanes of at least 4 members (excludes halogenated alkanes) is 1. The Morgan fingerprint density at radius 1 is 1.07 bits per heavy atom. The number of aryl methyl sites for hydroxylation is 1. The molecule has 0 bridgehead atoms. The van der Waals surface area contributed by atoms with Crippen LogP contribution in [0.15, 0.2) is 41.3 Å². The van der Waals surface area contributed by atoms with E-state index in [0.717, 1.165) is 67.9 Å². The van der Waals surface area contributed by atoms with E-state index in [-0.39, 0.29) is 23.2 Å². The fourth-order valence-corrected chi connectivity index (χ4v) is 7.36. The zero-order chi connectivity index (χ0) is 28.7. The Hall–Kier alpha value is -2.28. The lowest BCUT2D eigenvalue weighted by atomic mass is 10.2. The molecular formula is C29H41ClN4O5S2. The van der Waals surface area contributed by atoms with E-state index in [1.54, 1.807) is 24.1 Å². The van der Waals surface area contributed by atoms with Crippen molar-refractivity contribution in [1.82, 2.24) is 14.2 Å². The number of methoxy groups -OCH3 is 1. The summed E-state index contributed by atoms with van der Waals surface area (Å²) in [4.78, 5) is 23.0. The van der Waals surface area contributed by atoms with Gasteiger partial charge in [0.1, 0.15) is 11.3 Å². The van der Waals surface area contributed by atoms with Crippen LogP contribution in [-0.2, 0) is 14.8 Å². The molecular weight excluding hydrogens is 584 g/mol. The van der Waals surface area contributed by atoms with E-state index in [1.807, 2.05) is 32.9 Å². The highest BCUT2D eigenvalue weighted by molar-refractivity contribution is 7.89. The summed E-state index contributed by atoms with van der Waals surface area (Å²) < 4.78 is 39.8. The third-order valence-corrected chi connectivity index (χ3v) is 10.4. The highest BCUT2D eigenvalue weighted by atomic mass is 35.5. The maximum atomic E-state index is 13.9. The lowest BCUT2D eigenvalue weighted by Gasteiger charge is -2.27. The standard InChI is InChI=1S/C29H40N4O5S2.ClH/c1-5-7-16-32(6-2)40(35,36)24-12-10-23(11-13-24)28(34)33(17-8-15-31-18-20-38-21-19-31)29-30-26-25(37-4)14-9-22(3)27(26)39-29;/h9-14H,5-8,15-21H2,1-4H3;1H. The first-order chi connectivity index (χ1) is 19.3. The number of rotatable bonds is 13. The van der Waals surface area contributed by atoms with Gasteiger partial charge in [-0.3, -0.25) is 14.6 Å². The first-order valence-electron chi connectivity index (χ1n) is 14.0. The van der Waals surface area contributed by atoms with Crippen LogP contribution in [0, 0.1) is 6.92 Å². The quantitative estimate of drug-likeness (QED) is 0.258. The fourth-order valence-electron chi connectivity index (χ4n) is 4.80. The zero-order valence-electron chi connectivity index (χ0n) is 24.3. The average molecular weight is 625 g/mol.